The molecule has 1 aliphatic heterocycles. The van der Waals surface area contributed by atoms with Crippen molar-refractivity contribution in [1.82, 2.24) is 14.9 Å². The maximum absolute atomic E-state index is 12.6. The number of rotatable bonds is 3. The lowest BCUT2D eigenvalue weighted by Gasteiger charge is -2.08. The van der Waals surface area contributed by atoms with Gasteiger partial charge in [0.05, 0.1) is 11.5 Å². The largest absolute Gasteiger partial charge is 0.493 e. The van der Waals surface area contributed by atoms with Gasteiger partial charge in [0.1, 0.15) is 5.75 Å². The van der Waals surface area contributed by atoms with E-state index in [1.807, 2.05) is 0 Å². The van der Waals surface area contributed by atoms with E-state index >= 15 is 0 Å². The number of aryl methyl sites for hydroxylation is 1. The van der Waals surface area contributed by atoms with E-state index in [0.717, 1.165) is 48.9 Å². The van der Waals surface area contributed by atoms with Crippen molar-refractivity contribution < 1.29 is 17.9 Å². The number of nitrogens with one attached hydrogen (secondary N) is 2. The van der Waals surface area contributed by atoms with Crippen LogP contribution in [0.1, 0.15) is 46.6 Å². The fourth-order valence-electron chi connectivity index (χ4n) is 3.40. The van der Waals surface area contributed by atoms with Gasteiger partial charge in [0.15, 0.2) is 5.69 Å². The Morgan fingerprint density at radius 2 is 2.00 bits per heavy atom. The van der Waals surface area contributed by atoms with Crippen LogP contribution in [0.4, 0.5) is 0 Å². The Labute approximate surface area is 145 Å². The fourth-order valence-corrected chi connectivity index (χ4v) is 4.41. The number of aromatic amines is 1. The third-order valence-electron chi connectivity index (χ3n) is 4.72. The molecule has 0 saturated carbocycles. The van der Waals surface area contributed by atoms with Gasteiger partial charge in [-0.1, -0.05) is 6.42 Å². The molecule has 4 rings (SSSR count). The average molecular weight is 361 g/mol. The highest BCUT2D eigenvalue weighted by Gasteiger charge is 2.26. The molecule has 0 bridgehead atoms. The molecule has 8 heteroatoms. The lowest BCUT2D eigenvalue weighted by atomic mass is 10.1. The summed E-state index contributed by atoms with van der Waals surface area (Å²) in [6, 6.07) is 4.63. The third kappa shape index (κ3) is 3.02. The number of ether oxygens (including phenoxy) is 1. The van der Waals surface area contributed by atoms with Crippen LogP contribution in [0.3, 0.4) is 0 Å². The Balaban J connectivity index is 1.59. The molecule has 0 atom stereocenters. The van der Waals surface area contributed by atoms with Crippen LogP contribution in [-0.2, 0) is 29.3 Å². The maximum atomic E-state index is 12.6. The van der Waals surface area contributed by atoms with Crippen LogP contribution in [0, 0.1) is 0 Å². The van der Waals surface area contributed by atoms with Gasteiger partial charge in [-0.05, 0) is 49.4 Å². The van der Waals surface area contributed by atoms with Gasteiger partial charge in [-0.3, -0.25) is 9.89 Å². The molecule has 0 fully saturated rings. The number of hydrogen-bond acceptors (Lipinski definition) is 5. The van der Waals surface area contributed by atoms with Crippen LogP contribution in [0.15, 0.2) is 23.1 Å². The molecule has 7 nitrogen and oxygen atoms in total. The molecule has 0 spiro atoms. The van der Waals surface area contributed by atoms with Crippen molar-refractivity contribution in [3.05, 3.63) is 40.7 Å². The molecule has 2 heterocycles. The summed E-state index contributed by atoms with van der Waals surface area (Å²) in [5.41, 5.74) is 2.80. The topological polar surface area (TPSA) is 101 Å². The quantitative estimate of drug-likeness (QED) is 0.811. The van der Waals surface area contributed by atoms with Gasteiger partial charge in [0, 0.05) is 17.7 Å². The Morgan fingerprint density at radius 1 is 1.16 bits per heavy atom. The zero-order valence-electron chi connectivity index (χ0n) is 13.7. The summed E-state index contributed by atoms with van der Waals surface area (Å²) in [6.45, 7) is 0.546. The van der Waals surface area contributed by atoms with E-state index in [1.165, 1.54) is 6.07 Å². The number of carbonyl (C=O) groups excluding carboxylic acids is 1. The number of benzene rings is 1. The van der Waals surface area contributed by atoms with Gasteiger partial charge in [-0.15, -0.1) is 0 Å². The Hall–Kier alpha value is -2.35. The van der Waals surface area contributed by atoms with Crippen LogP contribution in [0.25, 0.3) is 0 Å². The molecule has 2 aromatic rings. The van der Waals surface area contributed by atoms with Crippen molar-refractivity contribution in [3.8, 4) is 5.75 Å². The van der Waals surface area contributed by atoms with E-state index in [2.05, 4.69) is 14.9 Å². The first kappa shape index (κ1) is 16.1. The predicted molar refractivity (Wildman–Crippen MR) is 90.1 cm³/mol. The predicted octanol–water partition coefficient (Wildman–Crippen LogP) is 1.73. The second kappa shape index (κ2) is 6.18. The molecule has 132 valence electrons. The summed E-state index contributed by atoms with van der Waals surface area (Å²) >= 11 is 0. The standard InChI is InChI=1S/C17H19N3O4S/c21-17(16-13-4-2-1-3-5-14(13)18-19-16)20-25(22,23)12-6-7-15-11(10-12)8-9-24-15/h6-7,10H,1-5,8-9H2,(H,18,19)(H,20,21). The second-order valence-corrected chi connectivity index (χ2v) is 8.07. The number of H-pyrrole nitrogens is 1. The third-order valence-corrected chi connectivity index (χ3v) is 6.05. The van der Waals surface area contributed by atoms with Crippen LogP contribution < -0.4 is 9.46 Å². The van der Waals surface area contributed by atoms with Gasteiger partial charge >= 0.3 is 0 Å². The summed E-state index contributed by atoms with van der Waals surface area (Å²) in [5.74, 6) is 0.0130. The Kier molecular flexibility index (Phi) is 3.99. The van der Waals surface area contributed by atoms with Crippen molar-refractivity contribution in [2.75, 3.05) is 6.61 Å². The zero-order valence-corrected chi connectivity index (χ0v) is 14.5. The van der Waals surface area contributed by atoms with E-state index in [1.54, 1.807) is 12.1 Å². The molecular formula is C17H19N3O4S. The molecule has 0 unspecified atom stereocenters. The minimum Gasteiger partial charge on any atom is -0.493 e. The molecule has 1 aliphatic carbocycles. The first-order valence-corrected chi connectivity index (χ1v) is 9.92. The van der Waals surface area contributed by atoms with Gasteiger partial charge < -0.3 is 4.74 Å². The number of nitrogens with zero attached hydrogens (tertiary/aromatic N) is 1. The van der Waals surface area contributed by atoms with Crippen LogP contribution in [-0.4, -0.2) is 31.1 Å². The lowest BCUT2D eigenvalue weighted by molar-refractivity contribution is 0.0975. The number of sulfonamides is 1. The summed E-state index contributed by atoms with van der Waals surface area (Å²) in [4.78, 5) is 12.6. The van der Waals surface area contributed by atoms with Crippen molar-refractivity contribution in [1.29, 1.82) is 0 Å². The molecule has 25 heavy (non-hydrogen) atoms. The van der Waals surface area contributed by atoms with Gasteiger partial charge in [0.2, 0.25) is 0 Å². The molecule has 1 aromatic heterocycles. The highest BCUT2D eigenvalue weighted by atomic mass is 32.2. The van der Waals surface area contributed by atoms with Crippen molar-refractivity contribution >= 4 is 15.9 Å². The minimum absolute atomic E-state index is 0.0618. The molecule has 1 aromatic carbocycles. The molecule has 2 N–H and O–H groups in total. The van der Waals surface area contributed by atoms with Crippen LogP contribution >= 0.6 is 0 Å². The first-order chi connectivity index (χ1) is 12.0. The number of carbonyl (C=O) groups is 1. The van der Waals surface area contributed by atoms with E-state index in [0.29, 0.717) is 18.8 Å². The number of fused-ring (bicyclic) bond motifs is 2. The monoisotopic (exact) mass is 361 g/mol. The molecule has 0 saturated heterocycles. The summed E-state index contributed by atoms with van der Waals surface area (Å²) < 4.78 is 32.7. The number of hydrogen-bond donors (Lipinski definition) is 2. The first-order valence-electron chi connectivity index (χ1n) is 8.43. The van der Waals surface area contributed by atoms with E-state index in [4.69, 9.17) is 4.74 Å². The average Bonchev–Trinajstić information content (AvgIpc) is 3.15. The van der Waals surface area contributed by atoms with Crippen molar-refractivity contribution in [3.63, 3.8) is 0 Å². The minimum atomic E-state index is -3.95. The summed E-state index contributed by atoms with van der Waals surface area (Å²) in [5, 5.41) is 6.94. The van der Waals surface area contributed by atoms with Crippen LogP contribution in [0.2, 0.25) is 0 Å². The number of amides is 1. The maximum Gasteiger partial charge on any atom is 0.285 e. The highest BCUT2D eigenvalue weighted by Crippen LogP contribution is 2.28. The van der Waals surface area contributed by atoms with Gasteiger partial charge in [-0.25, -0.2) is 13.1 Å². The van der Waals surface area contributed by atoms with E-state index in [9.17, 15) is 13.2 Å². The van der Waals surface area contributed by atoms with Crippen LogP contribution in [0.5, 0.6) is 5.75 Å². The Bertz CT molecular complexity index is 933. The molecule has 1 amide bonds. The summed E-state index contributed by atoms with van der Waals surface area (Å²) in [6.07, 6.45) is 5.37. The molecular weight excluding hydrogens is 342 g/mol. The SMILES string of the molecule is O=C(NS(=O)(=O)c1ccc2c(c1)CCO2)c1n[nH]c2c1CCCCC2. The number of aromatic nitrogens is 2. The van der Waals surface area contributed by atoms with Crippen molar-refractivity contribution in [2.45, 2.75) is 43.4 Å². The zero-order chi connectivity index (χ0) is 17.4. The van der Waals surface area contributed by atoms with Crippen molar-refractivity contribution in [2.24, 2.45) is 0 Å². The van der Waals surface area contributed by atoms with E-state index in [-0.39, 0.29) is 10.6 Å². The van der Waals surface area contributed by atoms with Gasteiger partial charge in [0.25, 0.3) is 15.9 Å². The molecule has 2 aliphatic rings. The van der Waals surface area contributed by atoms with E-state index < -0.39 is 15.9 Å². The second-order valence-electron chi connectivity index (χ2n) is 6.39. The summed E-state index contributed by atoms with van der Waals surface area (Å²) in [7, 11) is -3.95. The smallest absolute Gasteiger partial charge is 0.285 e. The fraction of sp³-hybridized carbons (Fsp3) is 0.412. The normalized spacial score (nSPS) is 16.5. The Morgan fingerprint density at radius 3 is 2.88 bits per heavy atom. The molecule has 0 radical (unpaired) electrons. The highest BCUT2D eigenvalue weighted by molar-refractivity contribution is 7.90. The lowest BCUT2D eigenvalue weighted by Crippen LogP contribution is -2.31. The van der Waals surface area contributed by atoms with Gasteiger partial charge in [-0.2, -0.15) is 5.10 Å².